The lowest BCUT2D eigenvalue weighted by atomic mass is 9.93. The van der Waals surface area contributed by atoms with Crippen molar-refractivity contribution < 1.29 is 0 Å². The first-order valence-corrected chi connectivity index (χ1v) is 5.08. The van der Waals surface area contributed by atoms with Crippen molar-refractivity contribution in [3.05, 3.63) is 34.4 Å². The summed E-state index contributed by atoms with van der Waals surface area (Å²) in [5, 5.41) is 0. The van der Waals surface area contributed by atoms with Gasteiger partial charge in [-0.05, 0) is 55.4 Å². The van der Waals surface area contributed by atoms with Crippen LogP contribution < -0.4 is 0 Å². The summed E-state index contributed by atoms with van der Waals surface area (Å²) in [6, 6.07) is 4.51. The highest BCUT2D eigenvalue weighted by atomic mass is 14.1. The molecule has 13 heavy (non-hydrogen) atoms. The van der Waals surface area contributed by atoms with E-state index in [4.69, 9.17) is 0 Å². The third-order valence-electron chi connectivity index (χ3n) is 2.80. The average Bonchev–Trinajstić information content (AvgIpc) is 2.06. The Morgan fingerprint density at radius 1 is 1.00 bits per heavy atom. The predicted molar refractivity (Wildman–Crippen MR) is 59.2 cm³/mol. The summed E-state index contributed by atoms with van der Waals surface area (Å²) in [5.41, 5.74) is 5.86. The van der Waals surface area contributed by atoms with Gasteiger partial charge in [0.2, 0.25) is 0 Å². The fraction of sp³-hybridized carbons (Fsp3) is 0.538. The summed E-state index contributed by atoms with van der Waals surface area (Å²) in [6.07, 6.45) is 1.20. The lowest BCUT2D eigenvalue weighted by Gasteiger charge is -2.12. The fourth-order valence-electron chi connectivity index (χ4n) is 1.67. The van der Waals surface area contributed by atoms with Gasteiger partial charge in [-0.15, -0.1) is 0 Å². The second kappa shape index (κ2) is 3.95. The van der Waals surface area contributed by atoms with Gasteiger partial charge in [-0.1, -0.05) is 26.0 Å². The third-order valence-corrected chi connectivity index (χ3v) is 2.80. The number of aryl methyl sites for hydroxylation is 1. The molecule has 0 saturated carbocycles. The summed E-state index contributed by atoms with van der Waals surface area (Å²) in [5.74, 6) is 0.751. The summed E-state index contributed by atoms with van der Waals surface area (Å²) < 4.78 is 0. The number of hydrogen-bond acceptors (Lipinski definition) is 0. The Balaban J connectivity index is 3.04. The minimum Gasteiger partial charge on any atom is -0.0625 e. The van der Waals surface area contributed by atoms with Crippen LogP contribution in [0.3, 0.4) is 0 Å². The van der Waals surface area contributed by atoms with Crippen molar-refractivity contribution in [3.8, 4) is 0 Å². The van der Waals surface area contributed by atoms with E-state index in [2.05, 4.69) is 46.8 Å². The van der Waals surface area contributed by atoms with Gasteiger partial charge in [-0.2, -0.15) is 0 Å². The normalized spacial score (nSPS) is 10.9. The van der Waals surface area contributed by atoms with Gasteiger partial charge in [0.15, 0.2) is 0 Å². The molecule has 1 rings (SSSR count). The molecular weight excluding hydrogens is 156 g/mol. The topological polar surface area (TPSA) is 0 Å². The quantitative estimate of drug-likeness (QED) is 0.642. The van der Waals surface area contributed by atoms with E-state index in [1.807, 2.05) is 0 Å². The molecule has 0 heterocycles. The molecule has 0 spiro atoms. The second-order valence-electron chi connectivity index (χ2n) is 4.39. The zero-order valence-electron chi connectivity index (χ0n) is 9.44. The highest BCUT2D eigenvalue weighted by Gasteiger charge is 2.04. The summed E-state index contributed by atoms with van der Waals surface area (Å²) in [4.78, 5) is 0. The van der Waals surface area contributed by atoms with Gasteiger partial charge in [-0.25, -0.2) is 0 Å². The molecule has 0 nitrogen and oxygen atoms in total. The highest BCUT2D eigenvalue weighted by molar-refractivity contribution is 5.38. The van der Waals surface area contributed by atoms with Crippen molar-refractivity contribution in [2.75, 3.05) is 0 Å². The van der Waals surface area contributed by atoms with Crippen LogP contribution in [0.15, 0.2) is 12.1 Å². The molecule has 0 fully saturated rings. The average molecular weight is 176 g/mol. The first-order chi connectivity index (χ1) is 6.02. The molecular formula is C13H20. The first-order valence-electron chi connectivity index (χ1n) is 5.08. The van der Waals surface area contributed by atoms with Gasteiger partial charge in [-0.3, -0.25) is 0 Å². The minimum absolute atomic E-state index is 0.751. The molecule has 1 aromatic carbocycles. The molecule has 0 aliphatic heterocycles. The molecule has 0 heteroatoms. The van der Waals surface area contributed by atoms with Crippen LogP contribution in [0.25, 0.3) is 0 Å². The van der Waals surface area contributed by atoms with Crippen LogP contribution in [-0.2, 0) is 6.42 Å². The molecule has 0 atom stereocenters. The Labute approximate surface area is 82.0 Å². The van der Waals surface area contributed by atoms with E-state index >= 15 is 0 Å². The van der Waals surface area contributed by atoms with Gasteiger partial charge in [0, 0.05) is 0 Å². The van der Waals surface area contributed by atoms with E-state index in [0.29, 0.717) is 0 Å². The van der Waals surface area contributed by atoms with Gasteiger partial charge >= 0.3 is 0 Å². The largest absolute Gasteiger partial charge is 0.0625 e. The van der Waals surface area contributed by atoms with Crippen LogP contribution in [0.2, 0.25) is 0 Å². The zero-order valence-corrected chi connectivity index (χ0v) is 9.44. The smallest absolute Gasteiger partial charge is 0.0253 e. The standard InChI is InChI=1S/C13H20/c1-9(2)8-13-7-6-10(3)11(4)12(13)5/h6-7,9H,8H2,1-5H3. The predicted octanol–water partition coefficient (Wildman–Crippen LogP) is 3.81. The van der Waals surface area contributed by atoms with Crippen molar-refractivity contribution in [2.45, 2.75) is 41.0 Å². The zero-order chi connectivity index (χ0) is 10.0. The maximum Gasteiger partial charge on any atom is -0.0253 e. The van der Waals surface area contributed by atoms with Crippen LogP contribution in [0.4, 0.5) is 0 Å². The van der Waals surface area contributed by atoms with E-state index in [1.165, 1.54) is 28.7 Å². The van der Waals surface area contributed by atoms with Gasteiger partial charge < -0.3 is 0 Å². The summed E-state index contributed by atoms with van der Waals surface area (Å²) >= 11 is 0. The van der Waals surface area contributed by atoms with Crippen molar-refractivity contribution in [2.24, 2.45) is 5.92 Å². The number of hydrogen-bond donors (Lipinski definition) is 0. The van der Waals surface area contributed by atoms with E-state index in [0.717, 1.165) is 5.92 Å². The maximum atomic E-state index is 2.28. The van der Waals surface area contributed by atoms with E-state index in [1.54, 1.807) is 0 Å². The molecule has 0 aliphatic carbocycles. The van der Waals surface area contributed by atoms with Crippen LogP contribution in [-0.4, -0.2) is 0 Å². The SMILES string of the molecule is Cc1ccc(CC(C)C)c(C)c1C. The second-order valence-corrected chi connectivity index (χ2v) is 4.39. The molecule has 72 valence electrons. The Morgan fingerprint density at radius 3 is 2.15 bits per heavy atom. The maximum absolute atomic E-state index is 2.28. The Morgan fingerprint density at radius 2 is 1.62 bits per heavy atom. The first kappa shape index (κ1) is 10.3. The Hall–Kier alpha value is -0.780. The summed E-state index contributed by atoms with van der Waals surface area (Å²) in [6.45, 7) is 11.2. The molecule has 0 N–H and O–H groups in total. The lowest BCUT2D eigenvalue weighted by Crippen LogP contribution is -1.99. The van der Waals surface area contributed by atoms with E-state index < -0.39 is 0 Å². The van der Waals surface area contributed by atoms with Crippen LogP contribution in [0.1, 0.15) is 36.1 Å². The van der Waals surface area contributed by atoms with Gasteiger partial charge in [0.1, 0.15) is 0 Å². The molecule has 0 radical (unpaired) electrons. The van der Waals surface area contributed by atoms with E-state index in [-0.39, 0.29) is 0 Å². The van der Waals surface area contributed by atoms with Crippen molar-refractivity contribution in [3.63, 3.8) is 0 Å². The molecule has 0 aromatic heterocycles. The van der Waals surface area contributed by atoms with Gasteiger partial charge in [0.25, 0.3) is 0 Å². The molecule has 0 bridgehead atoms. The molecule has 0 unspecified atom stereocenters. The van der Waals surface area contributed by atoms with Crippen LogP contribution in [0, 0.1) is 26.7 Å². The monoisotopic (exact) mass is 176 g/mol. The van der Waals surface area contributed by atoms with Crippen molar-refractivity contribution >= 4 is 0 Å². The van der Waals surface area contributed by atoms with E-state index in [9.17, 15) is 0 Å². The summed E-state index contributed by atoms with van der Waals surface area (Å²) in [7, 11) is 0. The van der Waals surface area contributed by atoms with Crippen LogP contribution >= 0.6 is 0 Å². The van der Waals surface area contributed by atoms with Crippen LogP contribution in [0.5, 0.6) is 0 Å². The molecule has 0 saturated heterocycles. The van der Waals surface area contributed by atoms with Crippen molar-refractivity contribution in [1.29, 1.82) is 0 Å². The Bertz CT molecular complexity index is 295. The minimum atomic E-state index is 0.751. The fourth-order valence-corrected chi connectivity index (χ4v) is 1.67. The molecule has 0 amide bonds. The van der Waals surface area contributed by atoms with Crippen molar-refractivity contribution in [1.82, 2.24) is 0 Å². The third kappa shape index (κ3) is 2.33. The number of benzene rings is 1. The Kier molecular flexibility index (Phi) is 3.13. The molecule has 1 aromatic rings. The van der Waals surface area contributed by atoms with Gasteiger partial charge in [0.05, 0.1) is 0 Å². The molecule has 0 aliphatic rings. The lowest BCUT2D eigenvalue weighted by molar-refractivity contribution is 0.644. The number of rotatable bonds is 2. The highest BCUT2D eigenvalue weighted by Crippen LogP contribution is 2.19.